The highest BCUT2D eigenvalue weighted by molar-refractivity contribution is 4.90. The summed E-state index contributed by atoms with van der Waals surface area (Å²) in [6.07, 6.45) is 8.53. The lowest BCUT2D eigenvalue weighted by Crippen LogP contribution is -2.31. The number of fused-ring (bicyclic) bond motifs is 2. The molecule has 13 heavy (non-hydrogen) atoms. The second-order valence-electron chi connectivity index (χ2n) is 5.15. The van der Waals surface area contributed by atoms with E-state index in [1.165, 1.54) is 38.5 Å². The van der Waals surface area contributed by atoms with Crippen LogP contribution in [0.2, 0.25) is 0 Å². The van der Waals surface area contributed by atoms with Crippen LogP contribution in [0.1, 0.15) is 38.5 Å². The van der Waals surface area contributed by atoms with E-state index in [1.807, 2.05) is 0 Å². The van der Waals surface area contributed by atoms with E-state index >= 15 is 0 Å². The van der Waals surface area contributed by atoms with Crippen LogP contribution in [0.3, 0.4) is 0 Å². The predicted octanol–water partition coefficient (Wildman–Crippen LogP) is 2.11. The van der Waals surface area contributed by atoms with Gasteiger partial charge in [0.05, 0.1) is 6.61 Å². The van der Waals surface area contributed by atoms with Gasteiger partial charge in [-0.05, 0) is 43.4 Å². The summed E-state index contributed by atoms with van der Waals surface area (Å²) in [6.45, 7) is 0.958. The Morgan fingerprint density at radius 3 is 2.92 bits per heavy atom. The summed E-state index contributed by atoms with van der Waals surface area (Å²) in [5.41, 5.74) is 3.24. The quantitative estimate of drug-likeness (QED) is 0.618. The van der Waals surface area contributed by atoms with Crippen molar-refractivity contribution in [3.63, 3.8) is 0 Å². The standard InChI is InChI=1S/C11H19NO/c1-2-8-4-10-6-11(12-13-7-8)5-9(10)3-1/h8-12H,1-7H2. The second kappa shape index (κ2) is 3.25. The highest BCUT2D eigenvalue weighted by Crippen LogP contribution is 2.43. The maximum absolute atomic E-state index is 5.54. The van der Waals surface area contributed by atoms with Crippen molar-refractivity contribution >= 4 is 0 Å². The van der Waals surface area contributed by atoms with E-state index in [0.717, 1.165) is 24.4 Å². The lowest BCUT2D eigenvalue weighted by atomic mass is 9.89. The molecule has 0 aromatic carbocycles. The first-order valence-corrected chi connectivity index (χ1v) is 5.79. The van der Waals surface area contributed by atoms with Crippen LogP contribution in [-0.2, 0) is 4.84 Å². The Morgan fingerprint density at radius 2 is 1.92 bits per heavy atom. The summed E-state index contributed by atoms with van der Waals surface area (Å²) in [5.74, 6) is 2.89. The van der Waals surface area contributed by atoms with E-state index in [2.05, 4.69) is 5.48 Å². The van der Waals surface area contributed by atoms with Crippen molar-refractivity contribution < 1.29 is 4.84 Å². The molecule has 1 N–H and O–H groups in total. The number of hydrogen-bond acceptors (Lipinski definition) is 2. The van der Waals surface area contributed by atoms with Gasteiger partial charge in [0.1, 0.15) is 0 Å². The molecule has 2 saturated carbocycles. The molecule has 4 unspecified atom stereocenters. The van der Waals surface area contributed by atoms with Gasteiger partial charge >= 0.3 is 0 Å². The zero-order valence-corrected chi connectivity index (χ0v) is 8.17. The molecule has 2 heteroatoms. The first kappa shape index (κ1) is 8.25. The van der Waals surface area contributed by atoms with Gasteiger partial charge in [0.2, 0.25) is 0 Å². The van der Waals surface area contributed by atoms with Crippen LogP contribution in [0.15, 0.2) is 0 Å². The highest BCUT2D eigenvalue weighted by Gasteiger charge is 2.38. The van der Waals surface area contributed by atoms with Gasteiger partial charge in [-0.25, -0.2) is 0 Å². The summed E-state index contributed by atoms with van der Waals surface area (Å²) < 4.78 is 0. The van der Waals surface area contributed by atoms with Crippen LogP contribution in [0.4, 0.5) is 0 Å². The molecular weight excluding hydrogens is 162 g/mol. The lowest BCUT2D eigenvalue weighted by molar-refractivity contribution is -0.0180. The van der Waals surface area contributed by atoms with Gasteiger partial charge in [0.15, 0.2) is 0 Å². The zero-order valence-electron chi connectivity index (χ0n) is 8.17. The van der Waals surface area contributed by atoms with Crippen molar-refractivity contribution in [1.29, 1.82) is 0 Å². The topological polar surface area (TPSA) is 21.3 Å². The molecule has 0 radical (unpaired) electrons. The molecular formula is C11H19NO. The van der Waals surface area contributed by atoms with Gasteiger partial charge in [-0.2, -0.15) is 5.48 Å². The Balaban J connectivity index is 1.82. The largest absolute Gasteiger partial charge is 0.301 e. The van der Waals surface area contributed by atoms with Gasteiger partial charge in [-0.15, -0.1) is 0 Å². The molecule has 3 rings (SSSR count). The van der Waals surface area contributed by atoms with Crippen LogP contribution >= 0.6 is 0 Å². The van der Waals surface area contributed by atoms with Crippen LogP contribution in [0.5, 0.6) is 0 Å². The molecule has 1 saturated heterocycles. The minimum atomic E-state index is 0.675. The SMILES string of the molecule is C1CC2CONC3CC(C1)C(C2)C3. The summed E-state index contributed by atoms with van der Waals surface area (Å²) in [4.78, 5) is 5.54. The molecule has 0 amide bonds. The molecule has 3 fully saturated rings. The highest BCUT2D eigenvalue weighted by atomic mass is 16.6. The van der Waals surface area contributed by atoms with Crippen molar-refractivity contribution in [3.05, 3.63) is 0 Å². The van der Waals surface area contributed by atoms with E-state index in [1.54, 1.807) is 0 Å². The fourth-order valence-electron chi connectivity index (χ4n) is 3.60. The van der Waals surface area contributed by atoms with E-state index < -0.39 is 0 Å². The van der Waals surface area contributed by atoms with Crippen molar-refractivity contribution in [2.75, 3.05) is 6.61 Å². The Bertz CT molecular complexity index is 193. The molecule has 0 aromatic rings. The smallest absolute Gasteiger partial charge is 0.0710 e. The van der Waals surface area contributed by atoms with Gasteiger partial charge in [0.25, 0.3) is 0 Å². The van der Waals surface area contributed by atoms with E-state index in [4.69, 9.17) is 4.84 Å². The molecule has 4 atom stereocenters. The fourth-order valence-corrected chi connectivity index (χ4v) is 3.60. The Morgan fingerprint density at radius 1 is 1.00 bits per heavy atom. The molecule has 2 aliphatic carbocycles. The molecule has 2 nitrogen and oxygen atoms in total. The first-order chi connectivity index (χ1) is 6.42. The van der Waals surface area contributed by atoms with Crippen molar-refractivity contribution in [1.82, 2.24) is 5.48 Å². The van der Waals surface area contributed by atoms with Crippen molar-refractivity contribution in [2.24, 2.45) is 17.8 Å². The third-order valence-corrected chi connectivity index (χ3v) is 4.23. The second-order valence-corrected chi connectivity index (χ2v) is 5.15. The summed E-state index contributed by atoms with van der Waals surface area (Å²) >= 11 is 0. The van der Waals surface area contributed by atoms with Crippen LogP contribution in [0.25, 0.3) is 0 Å². The normalized spacial score (nSPS) is 49.8. The van der Waals surface area contributed by atoms with Gasteiger partial charge in [-0.3, -0.25) is 0 Å². The van der Waals surface area contributed by atoms with Crippen molar-refractivity contribution in [3.8, 4) is 0 Å². The first-order valence-electron chi connectivity index (χ1n) is 5.79. The number of rotatable bonds is 0. The molecule has 0 spiro atoms. The van der Waals surface area contributed by atoms with Crippen LogP contribution in [0, 0.1) is 17.8 Å². The maximum atomic E-state index is 5.54. The third-order valence-electron chi connectivity index (χ3n) is 4.23. The molecule has 74 valence electrons. The monoisotopic (exact) mass is 181 g/mol. The zero-order chi connectivity index (χ0) is 8.67. The predicted molar refractivity (Wildman–Crippen MR) is 51.0 cm³/mol. The Hall–Kier alpha value is -0.0800. The van der Waals surface area contributed by atoms with Crippen LogP contribution < -0.4 is 5.48 Å². The van der Waals surface area contributed by atoms with Crippen LogP contribution in [-0.4, -0.2) is 12.6 Å². The molecule has 1 aliphatic heterocycles. The molecule has 1 heterocycles. The summed E-state index contributed by atoms with van der Waals surface area (Å²) in [5, 5.41) is 0. The third kappa shape index (κ3) is 1.50. The number of nitrogens with one attached hydrogen (secondary N) is 1. The molecule has 0 aromatic heterocycles. The minimum absolute atomic E-state index is 0.675. The average Bonchev–Trinajstić information content (AvgIpc) is 2.39. The van der Waals surface area contributed by atoms with Gasteiger partial charge < -0.3 is 4.84 Å². The summed E-state index contributed by atoms with van der Waals surface area (Å²) in [6, 6.07) is 0.675. The van der Waals surface area contributed by atoms with E-state index in [9.17, 15) is 0 Å². The van der Waals surface area contributed by atoms with Gasteiger partial charge in [0, 0.05) is 6.04 Å². The fraction of sp³-hybridized carbons (Fsp3) is 1.00. The Labute approximate surface area is 80.0 Å². The Kier molecular flexibility index (Phi) is 2.06. The maximum Gasteiger partial charge on any atom is 0.0710 e. The lowest BCUT2D eigenvalue weighted by Gasteiger charge is -2.23. The van der Waals surface area contributed by atoms with E-state index in [0.29, 0.717) is 6.04 Å². The van der Waals surface area contributed by atoms with Gasteiger partial charge in [-0.1, -0.05) is 12.8 Å². The average molecular weight is 181 g/mol. The minimum Gasteiger partial charge on any atom is -0.301 e. The number of hydroxylamine groups is 1. The summed E-state index contributed by atoms with van der Waals surface area (Å²) in [7, 11) is 0. The van der Waals surface area contributed by atoms with E-state index in [-0.39, 0.29) is 0 Å². The molecule has 3 bridgehead atoms. The number of hydrogen-bond donors (Lipinski definition) is 1. The van der Waals surface area contributed by atoms with Crippen molar-refractivity contribution in [2.45, 2.75) is 44.6 Å². The molecule has 3 aliphatic rings.